The minimum absolute atomic E-state index is 0.143. The number of hydrogen-bond donors (Lipinski definition) is 0. The van der Waals surface area contributed by atoms with Crippen molar-refractivity contribution >= 4 is 23.2 Å². The van der Waals surface area contributed by atoms with Gasteiger partial charge in [-0.1, -0.05) is 0 Å². The van der Waals surface area contributed by atoms with E-state index in [2.05, 4.69) is 19.9 Å². The number of halogens is 2. The molecule has 0 aliphatic carbocycles. The molecule has 0 saturated heterocycles. The Morgan fingerprint density at radius 2 is 1.25 bits per heavy atom. The lowest BCUT2D eigenvalue weighted by Gasteiger charge is -2.10. The van der Waals surface area contributed by atoms with E-state index in [1.807, 2.05) is 13.8 Å². The van der Waals surface area contributed by atoms with Crippen molar-refractivity contribution in [3.05, 3.63) is 34.1 Å². The third-order valence-electron chi connectivity index (χ3n) is 2.35. The molecule has 2 heterocycles. The van der Waals surface area contributed by atoms with Crippen molar-refractivity contribution in [2.45, 2.75) is 13.8 Å². The molecule has 2 aromatic rings. The van der Waals surface area contributed by atoms with Crippen molar-refractivity contribution < 1.29 is 9.47 Å². The Balaban J connectivity index is 1.87. The molecular weight excluding hydrogens is 303 g/mol. The number of hydrogen-bond acceptors (Lipinski definition) is 6. The van der Waals surface area contributed by atoms with E-state index in [1.54, 1.807) is 12.4 Å². The topological polar surface area (TPSA) is 70.0 Å². The number of aromatic nitrogens is 4. The second-order valence-electron chi connectivity index (χ2n) is 3.95. The predicted octanol–water partition coefficient (Wildman–Crippen LogP) is 2.65. The zero-order chi connectivity index (χ0) is 14.5. The molecule has 6 nitrogen and oxygen atoms in total. The third-order valence-corrected chi connectivity index (χ3v) is 2.72. The summed E-state index contributed by atoms with van der Waals surface area (Å²) in [6.45, 7) is 4.27. The molecule has 0 fully saturated rings. The second kappa shape index (κ2) is 6.67. The average molecular weight is 315 g/mol. The molecule has 2 aromatic heterocycles. The Labute approximate surface area is 126 Å². The molecule has 0 aromatic carbocycles. The SMILES string of the molecule is Cc1cnc(Cl)nc1OCCOc1nc(Cl)ncc1C. The first-order valence-electron chi connectivity index (χ1n) is 5.80. The van der Waals surface area contributed by atoms with Crippen LogP contribution in [-0.4, -0.2) is 33.1 Å². The minimum Gasteiger partial charge on any atom is -0.474 e. The van der Waals surface area contributed by atoms with E-state index >= 15 is 0 Å². The van der Waals surface area contributed by atoms with Gasteiger partial charge in [0.2, 0.25) is 22.3 Å². The molecule has 2 rings (SSSR count). The van der Waals surface area contributed by atoms with Crippen molar-refractivity contribution in [2.75, 3.05) is 13.2 Å². The molecule has 8 heteroatoms. The fourth-order valence-corrected chi connectivity index (χ4v) is 1.63. The van der Waals surface area contributed by atoms with Crippen LogP contribution in [0.4, 0.5) is 0 Å². The summed E-state index contributed by atoms with van der Waals surface area (Å²) < 4.78 is 10.9. The van der Waals surface area contributed by atoms with E-state index in [9.17, 15) is 0 Å². The van der Waals surface area contributed by atoms with Crippen LogP contribution in [0.3, 0.4) is 0 Å². The lowest BCUT2D eigenvalue weighted by molar-refractivity contribution is 0.205. The number of ether oxygens (including phenoxy) is 2. The lowest BCUT2D eigenvalue weighted by atomic mass is 10.4. The molecule has 0 aliphatic rings. The van der Waals surface area contributed by atoms with Gasteiger partial charge in [0.15, 0.2) is 0 Å². The summed E-state index contributed by atoms with van der Waals surface area (Å²) in [6.07, 6.45) is 3.19. The van der Waals surface area contributed by atoms with E-state index in [0.29, 0.717) is 25.0 Å². The Bertz CT molecular complexity index is 557. The summed E-state index contributed by atoms with van der Waals surface area (Å²) in [5.41, 5.74) is 1.60. The van der Waals surface area contributed by atoms with Gasteiger partial charge in [-0.25, -0.2) is 9.97 Å². The van der Waals surface area contributed by atoms with Gasteiger partial charge in [-0.2, -0.15) is 9.97 Å². The van der Waals surface area contributed by atoms with Gasteiger partial charge in [0.25, 0.3) is 0 Å². The quantitative estimate of drug-likeness (QED) is 0.624. The van der Waals surface area contributed by atoms with E-state index < -0.39 is 0 Å². The van der Waals surface area contributed by atoms with E-state index in [-0.39, 0.29) is 10.6 Å². The molecule has 0 saturated carbocycles. The maximum Gasteiger partial charge on any atom is 0.225 e. The number of aryl methyl sites for hydroxylation is 2. The third kappa shape index (κ3) is 3.91. The standard InChI is InChI=1S/C12H12Cl2N4O2/c1-7-5-15-11(13)17-9(7)19-3-4-20-10-8(2)6-16-12(14)18-10/h5-6H,3-4H2,1-2H3. The lowest BCUT2D eigenvalue weighted by Crippen LogP contribution is -2.12. The van der Waals surface area contributed by atoms with Crippen LogP contribution in [0.5, 0.6) is 11.8 Å². The Morgan fingerprint density at radius 3 is 1.65 bits per heavy atom. The zero-order valence-electron chi connectivity index (χ0n) is 10.9. The van der Waals surface area contributed by atoms with Crippen LogP contribution in [0.25, 0.3) is 0 Å². The van der Waals surface area contributed by atoms with Gasteiger partial charge in [-0.3, -0.25) is 0 Å². The fraction of sp³-hybridized carbons (Fsp3) is 0.333. The van der Waals surface area contributed by atoms with Gasteiger partial charge >= 0.3 is 0 Å². The summed E-state index contributed by atoms with van der Waals surface area (Å²) in [6, 6.07) is 0. The molecule has 0 atom stereocenters. The largest absolute Gasteiger partial charge is 0.474 e. The Kier molecular flexibility index (Phi) is 4.92. The van der Waals surface area contributed by atoms with Crippen molar-refractivity contribution in [3.63, 3.8) is 0 Å². The smallest absolute Gasteiger partial charge is 0.225 e. The molecule has 0 spiro atoms. The average Bonchev–Trinajstić information content (AvgIpc) is 2.42. The van der Waals surface area contributed by atoms with Crippen molar-refractivity contribution in [2.24, 2.45) is 0 Å². The maximum atomic E-state index is 5.70. The molecule has 0 aliphatic heterocycles. The molecular formula is C12H12Cl2N4O2. The first-order chi connectivity index (χ1) is 9.56. The van der Waals surface area contributed by atoms with Crippen molar-refractivity contribution in [3.8, 4) is 11.8 Å². The number of rotatable bonds is 5. The normalized spacial score (nSPS) is 10.4. The summed E-state index contributed by atoms with van der Waals surface area (Å²) in [4.78, 5) is 15.7. The van der Waals surface area contributed by atoms with Gasteiger partial charge in [-0.15, -0.1) is 0 Å². The molecule has 0 radical (unpaired) electrons. The molecule has 0 N–H and O–H groups in total. The summed E-state index contributed by atoms with van der Waals surface area (Å²) in [7, 11) is 0. The summed E-state index contributed by atoms with van der Waals surface area (Å²) in [5, 5.41) is 0.287. The minimum atomic E-state index is 0.143. The van der Waals surface area contributed by atoms with Crippen molar-refractivity contribution in [1.82, 2.24) is 19.9 Å². The van der Waals surface area contributed by atoms with Gasteiger partial charge in [0, 0.05) is 23.5 Å². The van der Waals surface area contributed by atoms with Gasteiger partial charge < -0.3 is 9.47 Å². The zero-order valence-corrected chi connectivity index (χ0v) is 12.4. The van der Waals surface area contributed by atoms with E-state index in [4.69, 9.17) is 32.7 Å². The van der Waals surface area contributed by atoms with Crippen LogP contribution < -0.4 is 9.47 Å². The highest BCUT2D eigenvalue weighted by Gasteiger charge is 2.06. The first kappa shape index (κ1) is 14.7. The maximum absolute atomic E-state index is 5.70. The number of nitrogens with zero attached hydrogens (tertiary/aromatic N) is 4. The van der Waals surface area contributed by atoms with Crippen LogP contribution in [0.2, 0.25) is 10.6 Å². The van der Waals surface area contributed by atoms with Crippen LogP contribution in [0, 0.1) is 13.8 Å². The van der Waals surface area contributed by atoms with Gasteiger partial charge in [0.1, 0.15) is 13.2 Å². The first-order valence-corrected chi connectivity index (χ1v) is 6.55. The molecule has 20 heavy (non-hydrogen) atoms. The highest BCUT2D eigenvalue weighted by Crippen LogP contribution is 2.16. The van der Waals surface area contributed by atoms with Gasteiger partial charge in [-0.05, 0) is 37.0 Å². The molecule has 106 valence electrons. The fourth-order valence-electron chi connectivity index (χ4n) is 1.38. The predicted molar refractivity (Wildman–Crippen MR) is 74.5 cm³/mol. The summed E-state index contributed by atoms with van der Waals surface area (Å²) in [5.74, 6) is 0.872. The molecule has 0 unspecified atom stereocenters. The van der Waals surface area contributed by atoms with Crippen LogP contribution in [0.15, 0.2) is 12.4 Å². The summed E-state index contributed by atoms with van der Waals surface area (Å²) >= 11 is 11.4. The molecule has 0 bridgehead atoms. The van der Waals surface area contributed by atoms with Crippen LogP contribution in [0.1, 0.15) is 11.1 Å². The second-order valence-corrected chi connectivity index (χ2v) is 4.63. The molecule has 0 amide bonds. The highest BCUT2D eigenvalue weighted by molar-refractivity contribution is 6.28. The van der Waals surface area contributed by atoms with Crippen LogP contribution >= 0.6 is 23.2 Å². The monoisotopic (exact) mass is 314 g/mol. The van der Waals surface area contributed by atoms with Crippen molar-refractivity contribution in [1.29, 1.82) is 0 Å². The van der Waals surface area contributed by atoms with E-state index in [0.717, 1.165) is 11.1 Å². The van der Waals surface area contributed by atoms with Gasteiger partial charge in [0.05, 0.1) is 0 Å². The Hall–Kier alpha value is -1.66. The highest BCUT2D eigenvalue weighted by atomic mass is 35.5. The Morgan fingerprint density at radius 1 is 0.850 bits per heavy atom. The van der Waals surface area contributed by atoms with Crippen LogP contribution in [-0.2, 0) is 0 Å². The van der Waals surface area contributed by atoms with E-state index in [1.165, 1.54) is 0 Å².